The lowest BCUT2D eigenvalue weighted by Gasteiger charge is -2.19. The summed E-state index contributed by atoms with van der Waals surface area (Å²) in [7, 11) is 0. The number of amides is 1. The first kappa shape index (κ1) is 20.0. The predicted octanol–water partition coefficient (Wildman–Crippen LogP) is 5.16. The second kappa shape index (κ2) is 8.33. The minimum absolute atomic E-state index is 0.0162. The molecule has 1 aromatic heterocycles. The molecule has 3 heterocycles. The Morgan fingerprint density at radius 3 is 3.00 bits per heavy atom. The van der Waals surface area contributed by atoms with Crippen LogP contribution in [0.25, 0.3) is 0 Å². The summed E-state index contributed by atoms with van der Waals surface area (Å²) in [6, 6.07) is 7.74. The van der Waals surface area contributed by atoms with Gasteiger partial charge in [0.25, 0.3) is 0 Å². The van der Waals surface area contributed by atoms with Crippen LogP contribution in [0.2, 0.25) is 0 Å². The predicted molar refractivity (Wildman–Crippen MR) is 117 cm³/mol. The van der Waals surface area contributed by atoms with E-state index in [9.17, 15) is 9.59 Å². The van der Waals surface area contributed by atoms with Crippen molar-refractivity contribution in [2.45, 2.75) is 70.3 Å². The highest BCUT2D eigenvalue weighted by Gasteiger charge is 2.58. The Morgan fingerprint density at radius 2 is 2.13 bits per heavy atom. The maximum absolute atomic E-state index is 12.4. The zero-order valence-corrected chi connectivity index (χ0v) is 17.9. The van der Waals surface area contributed by atoms with Crippen LogP contribution in [0.3, 0.4) is 0 Å². The van der Waals surface area contributed by atoms with E-state index in [1.54, 1.807) is 6.20 Å². The van der Waals surface area contributed by atoms with E-state index >= 15 is 0 Å². The molecule has 0 unspecified atom stereocenters. The molecule has 1 fully saturated rings. The van der Waals surface area contributed by atoms with E-state index in [1.165, 1.54) is 12.8 Å². The lowest BCUT2D eigenvalue weighted by Crippen LogP contribution is -2.20. The molecule has 0 spiro atoms. The summed E-state index contributed by atoms with van der Waals surface area (Å²) in [5.41, 5.74) is 2.07. The fraction of sp³-hybridized carbons (Fsp3) is 0.480. The molecule has 3 aliphatic rings. The number of hydrogen-bond donors (Lipinski definition) is 1. The molecule has 0 radical (unpaired) electrons. The lowest BCUT2D eigenvalue weighted by molar-refractivity contribution is -0.119. The second-order valence-corrected chi connectivity index (χ2v) is 8.81. The number of hydrogen-bond acceptors (Lipinski definition) is 5. The smallest absolute Gasteiger partial charge is 0.225 e. The maximum atomic E-state index is 12.4. The minimum atomic E-state index is -0.0162. The van der Waals surface area contributed by atoms with Crippen molar-refractivity contribution >= 4 is 17.5 Å². The largest absolute Gasteiger partial charge is 0.489 e. The van der Waals surface area contributed by atoms with Gasteiger partial charge < -0.3 is 14.8 Å². The standard InChI is InChI=1S/C25H28N2O4/c1-2-3-4-5-6-15(28)13-19-23-18-14-16(7-9-20(18)31-24(19)23)30-21-11-12-26-25-17(21)8-10-22(29)27-25/h7,9,11-12,14,19,23-24H,2-6,8,10,13H2,1H3,(H,26,27,29)/t19-,23-,24+/m0/s1. The third-order valence-corrected chi connectivity index (χ3v) is 6.57. The van der Waals surface area contributed by atoms with Gasteiger partial charge in [-0.05, 0) is 37.1 Å². The van der Waals surface area contributed by atoms with Gasteiger partial charge in [-0.3, -0.25) is 9.59 Å². The van der Waals surface area contributed by atoms with Crippen molar-refractivity contribution in [1.82, 2.24) is 4.98 Å². The van der Waals surface area contributed by atoms with Crippen molar-refractivity contribution < 1.29 is 19.1 Å². The van der Waals surface area contributed by atoms with Crippen LogP contribution >= 0.6 is 0 Å². The van der Waals surface area contributed by atoms with E-state index in [2.05, 4.69) is 17.2 Å². The number of fused-ring (bicyclic) bond motifs is 4. The first-order valence-corrected chi connectivity index (χ1v) is 11.4. The number of Topliss-reactive ketones (excluding diaryl/α,β-unsaturated/α-hetero) is 1. The van der Waals surface area contributed by atoms with Crippen LogP contribution in [0.15, 0.2) is 30.5 Å². The summed E-state index contributed by atoms with van der Waals surface area (Å²) in [5.74, 6) is 3.88. The Bertz CT molecular complexity index is 1020. The van der Waals surface area contributed by atoms with Gasteiger partial charge in [-0.1, -0.05) is 26.2 Å². The summed E-state index contributed by atoms with van der Waals surface area (Å²) in [6.07, 6.45) is 8.67. The van der Waals surface area contributed by atoms with Crippen molar-refractivity contribution in [1.29, 1.82) is 0 Å². The van der Waals surface area contributed by atoms with Crippen molar-refractivity contribution in [3.63, 3.8) is 0 Å². The van der Waals surface area contributed by atoms with Gasteiger partial charge in [0, 0.05) is 48.4 Å². The number of ether oxygens (including phenoxy) is 2. The normalized spacial score (nSPS) is 22.6. The summed E-state index contributed by atoms with van der Waals surface area (Å²) in [4.78, 5) is 28.2. The number of anilines is 1. The molecule has 1 aliphatic carbocycles. The molecule has 2 aromatic rings. The molecule has 6 nitrogen and oxygen atoms in total. The number of aromatic nitrogens is 1. The van der Waals surface area contributed by atoms with E-state index < -0.39 is 0 Å². The summed E-state index contributed by atoms with van der Waals surface area (Å²) >= 11 is 0. The molecule has 1 amide bonds. The highest BCUT2D eigenvalue weighted by molar-refractivity contribution is 5.93. The Balaban J connectivity index is 1.24. The van der Waals surface area contributed by atoms with Crippen LogP contribution in [0, 0.1) is 5.92 Å². The minimum Gasteiger partial charge on any atom is -0.489 e. The van der Waals surface area contributed by atoms with Crippen LogP contribution in [0.4, 0.5) is 5.82 Å². The molecule has 1 aromatic carbocycles. The summed E-state index contributed by atoms with van der Waals surface area (Å²) in [5, 5.41) is 2.80. The fourth-order valence-corrected chi connectivity index (χ4v) is 4.85. The van der Waals surface area contributed by atoms with E-state index in [1.807, 2.05) is 24.3 Å². The highest BCUT2D eigenvalue weighted by atomic mass is 16.5. The second-order valence-electron chi connectivity index (χ2n) is 8.81. The van der Waals surface area contributed by atoms with E-state index in [0.29, 0.717) is 49.1 Å². The number of ketones is 1. The first-order valence-electron chi connectivity index (χ1n) is 11.4. The number of unbranched alkanes of at least 4 members (excludes halogenated alkanes) is 3. The lowest BCUT2D eigenvalue weighted by atomic mass is 10.0. The molecule has 0 saturated heterocycles. The van der Waals surface area contributed by atoms with Gasteiger partial charge in [0.15, 0.2) is 0 Å². The average Bonchev–Trinajstić information content (AvgIpc) is 3.27. The van der Waals surface area contributed by atoms with Gasteiger partial charge in [-0.25, -0.2) is 4.98 Å². The maximum Gasteiger partial charge on any atom is 0.225 e. The molecular weight excluding hydrogens is 392 g/mol. The molecule has 2 aliphatic heterocycles. The molecule has 162 valence electrons. The van der Waals surface area contributed by atoms with E-state index in [4.69, 9.17) is 9.47 Å². The summed E-state index contributed by atoms with van der Waals surface area (Å²) in [6.45, 7) is 2.18. The topological polar surface area (TPSA) is 77.5 Å². The Labute approximate surface area is 182 Å². The zero-order valence-electron chi connectivity index (χ0n) is 17.9. The molecule has 1 N–H and O–H groups in total. The number of rotatable bonds is 9. The number of benzene rings is 1. The van der Waals surface area contributed by atoms with Crippen molar-refractivity contribution in [2.24, 2.45) is 5.92 Å². The third-order valence-electron chi connectivity index (χ3n) is 6.57. The van der Waals surface area contributed by atoms with Gasteiger partial charge in [0.2, 0.25) is 5.91 Å². The number of carbonyl (C=O) groups is 2. The van der Waals surface area contributed by atoms with Crippen molar-refractivity contribution in [3.05, 3.63) is 41.6 Å². The first-order chi connectivity index (χ1) is 15.1. The molecule has 0 bridgehead atoms. The highest BCUT2D eigenvalue weighted by Crippen LogP contribution is 2.60. The molecule has 3 atom stereocenters. The van der Waals surface area contributed by atoms with Gasteiger partial charge in [-0.2, -0.15) is 0 Å². The van der Waals surface area contributed by atoms with Crippen LogP contribution in [-0.4, -0.2) is 22.8 Å². The monoisotopic (exact) mass is 420 g/mol. The average molecular weight is 421 g/mol. The SMILES string of the molecule is CCCCCCC(=O)C[C@@H]1[C@H]2Oc3ccc(Oc4ccnc5c4CCC(=O)N5)cc3[C@@H]12. The van der Waals surface area contributed by atoms with Gasteiger partial charge in [0.05, 0.1) is 0 Å². The molecule has 5 rings (SSSR count). The third kappa shape index (κ3) is 4.03. The van der Waals surface area contributed by atoms with E-state index in [0.717, 1.165) is 41.2 Å². The van der Waals surface area contributed by atoms with Crippen molar-refractivity contribution in [3.8, 4) is 17.2 Å². The van der Waals surface area contributed by atoms with Gasteiger partial charge in [-0.15, -0.1) is 0 Å². The van der Waals surface area contributed by atoms with Crippen LogP contribution in [0.5, 0.6) is 17.2 Å². The van der Waals surface area contributed by atoms with Gasteiger partial charge >= 0.3 is 0 Å². The molecular formula is C25H28N2O4. The van der Waals surface area contributed by atoms with Crippen LogP contribution < -0.4 is 14.8 Å². The number of nitrogens with one attached hydrogen (secondary N) is 1. The molecule has 31 heavy (non-hydrogen) atoms. The number of nitrogens with zero attached hydrogens (tertiary/aromatic N) is 1. The molecule has 1 saturated carbocycles. The van der Waals surface area contributed by atoms with E-state index in [-0.39, 0.29) is 12.0 Å². The fourth-order valence-electron chi connectivity index (χ4n) is 4.85. The van der Waals surface area contributed by atoms with Crippen LogP contribution in [-0.2, 0) is 16.0 Å². The Morgan fingerprint density at radius 1 is 1.23 bits per heavy atom. The Kier molecular flexibility index (Phi) is 5.38. The Hall–Kier alpha value is -2.89. The summed E-state index contributed by atoms with van der Waals surface area (Å²) < 4.78 is 12.3. The zero-order chi connectivity index (χ0) is 21.4. The molecule has 6 heteroatoms. The van der Waals surface area contributed by atoms with Crippen LogP contribution in [0.1, 0.15) is 68.9 Å². The number of pyridine rings is 1. The van der Waals surface area contributed by atoms with Gasteiger partial charge in [0.1, 0.15) is 35.0 Å². The number of carbonyl (C=O) groups excluding carboxylic acids is 2. The quantitative estimate of drug-likeness (QED) is 0.567. The van der Waals surface area contributed by atoms with Crippen molar-refractivity contribution in [2.75, 3.05) is 5.32 Å².